The van der Waals surface area contributed by atoms with Gasteiger partial charge in [-0.15, -0.1) is 11.3 Å². The molecule has 2 rings (SSSR count). The standard InChI is InChI=1S/C12H18N4OS/c1-7-8(2)18-12-10(7)11(16-13)14-9(15-12)5-4-6-17-3/h4-6,13H2,1-3H3,(H,14,15,16). The molecule has 0 spiro atoms. The minimum Gasteiger partial charge on any atom is -0.385 e. The van der Waals surface area contributed by atoms with Gasteiger partial charge in [-0.05, 0) is 25.8 Å². The maximum atomic E-state index is 5.56. The number of nitrogens with two attached hydrogens (primary N) is 1. The van der Waals surface area contributed by atoms with E-state index in [1.54, 1.807) is 18.4 Å². The Morgan fingerprint density at radius 2 is 2.11 bits per heavy atom. The zero-order chi connectivity index (χ0) is 13.1. The molecular formula is C12H18N4OS. The molecule has 0 aliphatic rings. The number of aryl methyl sites for hydroxylation is 3. The number of methoxy groups -OCH3 is 1. The number of hydrazine groups is 1. The highest BCUT2D eigenvalue weighted by molar-refractivity contribution is 7.18. The van der Waals surface area contributed by atoms with Crippen LogP contribution in [0.3, 0.4) is 0 Å². The van der Waals surface area contributed by atoms with Crippen molar-refractivity contribution in [2.45, 2.75) is 26.7 Å². The zero-order valence-corrected chi connectivity index (χ0v) is 11.7. The number of fused-ring (bicyclic) bond motifs is 1. The molecule has 6 heteroatoms. The van der Waals surface area contributed by atoms with E-state index in [-0.39, 0.29) is 0 Å². The maximum absolute atomic E-state index is 5.56. The first kappa shape index (κ1) is 13.2. The minimum absolute atomic E-state index is 0.717. The second-order valence-corrected chi connectivity index (χ2v) is 5.40. The fourth-order valence-electron chi connectivity index (χ4n) is 1.88. The zero-order valence-electron chi connectivity index (χ0n) is 10.9. The summed E-state index contributed by atoms with van der Waals surface area (Å²) in [6.07, 6.45) is 1.71. The number of nitrogen functional groups attached to an aromatic ring is 1. The van der Waals surface area contributed by atoms with Crippen molar-refractivity contribution in [3.05, 3.63) is 16.3 Å². The van der Waals surface area contributed by atoms with Crippen molar-refractivity contribution in [2.75, 3.05) is 19.1 Å². The molecule has 0 amide bonds. The summed E-state index contributed by atoms with van der Waals surface area (Å²) in [7, 11) is 1.70. The van der Waals surface area contributed by atoms with Gasteiger partial charge in [0.25, 0.3) is 0 Å². The summed E-state index contributed by atoms with van der Waals surface area (Å²) in [6.45, 7) is 4.88. The Balaban J connectivity index is 2.40. The van der Waals surface area contributed by atoms with E-state index in [4.69, 9.17) is 10.6 Å². The van der Waals surface area contributed by atoms with E-state index in [0.29, 0.717) is 5.82 Å². The highest BCUT2D eigenvalue weighted by Crippen LogP contribution is 2.32. The van der Waals surface area contributed by atoms with Crippen LogP contribution >= 0.6 is 11.3 Å². The summed E-state index contributed by atoms with van der Waals surface area (Å²) >= 11 is 1.68. The summed E-state index contributed by atoms with van der Waals surface area (Å²) < 4.78 is 5.04. The number of rotatable bonds is 5. The summed E-state index contributed by atoms with van der Waals surface area (Å²) in [4.78, 5) is 11.3. The van der Waals surface area contributed by atoms with Gasteiger partial charge < -0.3 is 10.2 Å². The van der Waals surface area contributed by atoms with E-state index in [9.17, 15) is 0 Å². The van der Waals surface area contributed by atoms with Crippen LogP contribution in [0.25, 0.3) is 10.2 Å². The van der Waals surface area contributed by atoms with Gasteiger partial charge in [-0.2, -0.15) is 0 Å². The minimum atomic E-state index is 0.717. The number of anilines is 1. The maximum Gasteiger partial charge on any atom is 0.152 e. The van der Waals surface area contributed by atoms with Crippen LogP contribution in [-0.4, -0.2) is 23.7 Å². The van der Waals surface area contributed by atoms with Gasteiger partial charge in [0, 0.05) is 25.0 Å². The number of ether oxygens (including phenoxy) is 1. The molecule has 18 heavy (non-hydrogen) atoms. The van der Waals surface area contributed by atoms with Crippen LogP contribution in [0.2, 0.25) is 0 Å². The smallest absolute Gasteiger partial charge is 0.152 e. The number of aromatic nitrogens is 2. The fraction of sp³-hybridized carbons (Fsp3) is 0.500. The Kier molecular flexibility index (Phi) is 4.11. The molecule has 2 heterocycles. The third-order valence-corrected chi connectivity index (χ3v) is 4.06. The van der Waals surface area contributed by atoms with Crippen LogP contribution in [0.1, 0.15) is 22.7 Å². The number of nitrogens with one attached hydrogen (secondary N) is 1. The first-order valence-electron chi connectivity index (χ1n) is 5.89. The average Bonchev–Trinajstić information content (AvgIpc) is 2.65. The van der Waals surface area contributed by atoms with Crippen molar-refractivity contribution in [1.29, 1.82) is 0 Å². The largest absolute Gasteiger partial charge is 0.385 e. The van der Waals surface area contributed by atoms with Gasteiger partial charge in [0.05, 0.1) is 5.39 Å². The lowest BCUT2D eigenvalue weighted by atomic mass is 10.2. The summed E-state index contributed by atoms with van der Waals surface area (Å²) in [5, 5.41) is 1.04. The lowest BCUT2D eigenvalue weighted by Gasteiger charge is -2.06. The van der Waals surface area contributed by atoms with Gasteiger partial charge in [-0.3, -0.25) is 0 Å². The SMILES string of the molecule is COCCCc1nc(NN)c2c(C)c(C)sc2n1. The molecular weight excluding hydrogens is 248 g/mol. The van der Waals surface area contributed by atoms with Crippen molar-refractivity contribution in [3.63, 3.8) is 0 Å². The Hall–Kier alpha value is -1.24. The molecule has 0 saturated carbocycles. The lowest BCUT2D eigenvalue weighted by molar-refractivity contribution is 0.194. The highest BCUT2D eigenvalue weighted by atomic mass is 32.1. The monoisotopic (exact) mass is 266 g/mol. The van der Waals surface area contributed by atoms with Crippen LogP contribution in [0.5, 0.6) is 0 Å². The molecule has 0 saturated heterocycles. The topological polar surface area (TPSA) is 73.1 Å². The first-order valence-corrected chi connectivity index (χ1v) is 6.71. The molecule has 2 aromatic heterocycles. The van der Waals surface area contributed by atoms with E-state index >= 15 is 0 Å². The number of hydrogen-bond acceptors (Lipinski definition) is 6. The van der Waals surface area contributed by atoms with Crippen LogP contribution in [0, 0.1) is 13.8 Å². The van der Waals surface area contributed by atoms with Gasteiger partial charge in [0.2, 0.25) is 0 Å². The second kappa shape index (κ2) is 5.60. The quantitative estimate of drug-likeness (QED) is 0.493. The third-order valence-electron chi connectivity index (χ3n) is 2.96. The summed E-state index contributed by atoms with van der Waals surface area (Å²) in [6, 6.07) is 0. The molecule has 0 aliphatic carbocycles. The molecule has 5 nitrogen and oxygen atoms in total. The molecule has 0 aromatic carbocycles. The molecule has 0 aliphatic heterocycles. The van der Waals surface area contributed by atoms with Crippen LogP contribution < -0.4 is 11.3 Å². The number of thiophene rings is 1. The summed E-state index contributed by atoms with van der Waals surface area (Å²) in [5.74, 6) is 7.09. The first-order chi connectivity index (χ1) is 8.67. The van der Waals surface area contributed by atoms with E-state index in [1.807, 2.05) is 0 Å². The van der Waals surface area contributed by atoms with E-state index in [2.05, 4.69) is 29.2 Å². The van der Waals surface area contributed by atoms with Gasteiger partial charge in [-0.1, -0.05) is 0 Å². The average molecular weight is 266 g/mol. The predicted molar refractivity (Wildman–Crippen MR) is 74.9 cm³/mol. The normalized spacial score (nSPS) is 11.1. The van der Waals surface area contributed by atoms with Crippen molar-refractivity contribution in [3.8, 4) is 0 Å². The van der Waals surface area contributed by atoms with Gasteiger partial charge in [-0.25, -0.2) is 15.8 Å². The van der Waals surface area contributed by atoms with Crippen molar-refractivity contribution >= 4 is 27.4 Å². The van der Waals surface area contributed by atoms with E-state index < -0.39 is 0 Å². The van der Waals surface area contributed by atoms with Crippen molar-refractivity contribution < 1.29 is 4.74 Å². The van der Waals surface area contributed by atoms with Gasteiger partial charge in [0.1, 0.15) is 10.7 Å². The van der Waals surface area contributed by atoms with Gasteiger partial charge >= 0.3 is 0 Å². The van der Waals surface area contributed by atoms with Crippen LogP contribution in [-0.2, 0) is 11.2 Å². The molecule has 0 bridgehead atoms. The Morgan fingerprint density at radius 1 is 1.33 bits per heavy atom. The second-order valence-electron chi connectivity index (χ2n) is 4.19. The molecule has 0 fully saturated rings. The molecule has 0 radical (unpaired) electrons. The molecule has 98 valence electrons. The van der Waals surface area contributed by atoms with Crippen LogP contribution in [0.4, 0.5) is 5.82 Å². The lowest BCUT2D eigenvalue weighted by Crippen LogP contribution is -2.11. The van der Waals surface area contributed by atoms with Gasteiger partial charge in [0.15, 0.2) is 5.82 Å². The molecule has 2 aromatic rings. The highest BCUT2D eigenvalue weighted by Gasteiger charge is 2.13. The van der Waals surface area contributed by atoms with Crippen molar-refractivity contribution in [2.24, 2.45) is 5.84 Å². The summed E-state index contributed by atoms with van der Waals surface area (Å²) in [5.41, 5.74) is 3.88. The predicted octanol–water partition coefficient (Wildman–Crippen LogP) is 2.17. The molecule has 0 atom stereocenters. The van der Waals surface area contributed by atoms with Crippen molar-refractivity contribution in [1.82, 2.24) is 9.97 Å². The molecule has 3 N–H and O–H groups in total. The third kappa shape index (κ3) is 2.45. The number of nitrogens with zero attached hydrogens (tertiary/aromatic N) is 2. The van der Waals surface area contributed by atoms with E-state index in [1.165, 1.54) is 10.4 Å². The molecule has 0 unspecified atom stereocenters. The number of hydrogen-bond donors (Lipinski definition) is 2. The van der Waals surface area contributed by atoms with E-state index in [0.717, 1.165) is 35.5 Å². The Bertz CT molecular complexity index is 552. The van der Waals surface area contributed by atoms with Crippen LogP contribution in [0.15, 0.2) is 0 Å². The fourth-order valence-corrected chi connectivity index (χ4v) is 2.93. The Labute approximate surface area is 110 Å². The Morgan fingerprint density at radius 3 is 2.78 bits per heavy atom.